The maximum atomic E-state index is 11.6. The molecule has 3 nitrogen and oxygen atoms in total. The van der Waals surface area contributed by atoms with Gasteiger partial charge in [0.2, 0.25) is 0 Å². The van der Waals surface area contributed by atoms with Crippen LogP contribution in [0.2, 0.25) is 0 Å². The fourth-order valence-electron chi connectivity index (χ4n) is 2.18. The number of carbonyl (C=O) groups excluding carboxylic acids is 1. The summed E-state index contributed by atoms with van der Waals surface area (Å²) in [6.45, 7) is 7.52. The van der Waals surface area contributed by atoms with Crippen molar-refractivity contribution in [3.63, 3.8) is 0 Å². The van der Waals surface area contributed by atoms with Crippen molar-refractivity contribution in [2.45, 2.75) is 97.7 Å². The molecule has 0 saturated heterocycles. The standard InChI is InChI=1S/C18H34O3/c1-5-7-8-9-10-11-12-13-14-17(19)16(4)21-18(20)15(3)6-2/h6,16-17,19H,5,7-14H2,1-4H3. The number of hydrogen-bond donors (Lipinski definition) is 1. The van der Waals surface area contributed by atoms with Crippen molar-refractivity contribution in [2.24, 2.45) is 0 Å². The van der Waals surface area contributed by atoms with Crippen LogP contribution in [0.3, 0.4) is 0 Å². The van der Waals surface area contributed by atoms with Crippen LogP contribution in [0.4, 0.5) is 0 Å². The highest BCUT2D eigenvalue weighted by molar-refractivity contribution is 5.87. The Morgan fingerprint density at radius 3 is 2.14 bits per heavy atom. The van der Waals surface area contributed by atoms with Gasteiger partial charge in [-0.3, -0.25) is 0 Å². The Morgan fingerprint density at radius 1 is 1.10 bits per heavy atom. The van der Waals surface area contributed by atoms with E-state index in [-0.39, 0.29) is 5.97 Å². The molecule has 0 fully saturated rings. The summed E-state index contributed by atoms with van der Waals surface area (Å²) in [5.74, 6) is -0.333. The van der Waals surface area contributed by atoms with Crippen LogP contribution in [0.25, 0.3) is 0 Å². The summed E-state index contributed by atoms with van der Waals surface area (Å²) in [5, 5.41) is 10.00. The van der Waals surface area contributed by atoms with Crippen LogP contribution < -0.4 is 0 Å². The number of esters is 1. The lowest BCUT2D eigenvalue weighted by Gasteiger charge is -2.19. The molecule has 0 aromatic rings. The fourth-order valence-corrected chi connectivity index (χ4v) is 2.18. The second kappa shape index (κ2) is 12.9. The maximum Gasteiger partial charge on any atom is 0.333 e. The molecule has 0 aliphatic carbocycles. The highest BCUT2D eigenvalue weighted by Crippen LogP contribution is 2.13. The molecule has 0 radical (unpaired) electrons. The van der Waals surface area contributed by atoms with Gasteiger partial charge in [0, 0.05) is 5.57 Å². The third-order valence-corrected chi connectivity index (χ3v) is 3.94. The van der Waals surface area contributed by atoms with E-state index in [4.69, 9.17) is 4.74 Å². The molecule has 0 aliphatic heterocycles. The molecule has 0 aliphatic rings. The zero-order chi connectivity index (χ0) is 16.1. The molecule has 0 rings (SSSR count). The normalized spacial score (nSPS) is 14.8. The lowest BCUT2D eigenvalue weighted by atomic mass is 10.0. The molecular weight excluding hydrogens is 264 g/mol. The average molecular weight is 298 g/mol. The molecule has 0 saturated carbocycles. The minimum absolute atomic E-state index is 0.333. The highest BCUT2D eigenvalue weighted by atomic mass is 16.6. The first kappa shape index (κ1) is 20.2. The van der Waals surface area contributed by atoms with E-state index in [9.17, 15) is 9.90 Å². The summed E-state index contributed by atoms with van der Waals surface area (Å²) in [6, 6.07) is 0. The Hall–Kier alpha value is -0.830. The quantitative estimate of drug-likeness (QED) is 0.320. The largest absolute Gasteiger partial charge is 0.457 e. The summed E-state index contributed by atoms with van der Waals surface area (Å²) in [6.07, 6.45) is 11.4. The molecule has 0 amide bonds. The van der Waals surface area contributed by atoms with Crippen molar-refractivity contribution in [1.82, 2.24) is 0 Å². The average Bonchev–Trinajstić information content (AvgIpc) is 2.48. The van der Waals surface area contributed by atoms with Crippen LogP contribution in [0.15, 0.2) is 11.6 Å². The van der Waals surface area contributed by atoms with Gasteiger partial charge in [-0.15, -0.1) is 0 Å². The topological polar surface area (TPSA) is 46.5 Å². The predicted octanol–water partition coefficient (Wildman–Crippen LogP) is 4.78. The second-order valence-corrected chi connectivity index (χ2v) is 5.91. The number of ether oxygens (including phenoxy) is 1. The van der Waals surface area contributed by atoms with E-state index in [0.717, 1.165) is 12.8 Å². The van der Waals surface area contributed by atoms with Gasteiger partial charge in [0.05, 0.1) is 6.10 Å². The molecule has 2 atom stereocenters. The number of aliphatic hydroxyl groups is 1. The molecule has 3 heteroatoms. The Labute approximate surface area is 130 Å². The lowest BCUT2D eigenvalue weighted by Crippen LogP contribution is -2.28. The van der Waals surface area contributed by atoms with E-state index < -0.39 is 12.2 Å². The number of aliphatic hydroxyl groups excluding tert-OH is 1. The van der Waals surface area contributed by atoms with Gasteiger partial charge < -0.3 is 9.84 Å². The van der Waals surface area contributed by atoms with Gasteiger partial charge in [0.1, 0.15) is 6.10 Å². The van der Waals surface area contributed by atoms with Gasteiger partial charge >= 0.3 is 5.97 Å². The zero-order valence-corrected chi connectivity index (χ0v) is 14.4. The Balaban J connectivity index is 3.64. The Bertz CT molecular complexity index is 297. The van der Waals surface area contributed by atoms with Crippen molar-refractivity contribution in [2.75, 3.05) is 0 Å². The maximum absolute atomic E-state index is 11.6. The number of allylic oxidation sites excluding steroid dienone is 1. The molecule has 0 aromatic carbocycles. The van der Waals surface area contributed by atoms with Gasteiger partial charge in [-0.2, -0.15) is 0 Å². The van der Waals surface area contributed by atoms with Crippen LogP contribution >= 0.6 is 0 Å². The number of unbranched alkanes of at least 4 members (excludes halogenated alkanes) is 7. The van der Waals surface area contributed by atoms with Crippen molar-refractivity contribution in [3.8, 4) is 0 Å². The number of rotatable bonds is 12. The minimum Gasteiger partial charge on any atom is -0.457 e. The summed E-state index contributed by atoms with van der Waals surface area (Å²) in [7, 11) is 0. The first-order chi connectivity index (χ1) is 10.0. The second-order valence-electron chi connectivity index (χ2n) is 5.91. The fraction of sp³-hybridized carbons (Fsp3) is 0.833. The Kier molecular flexibility index (Phi) is 12.4. The van der Waals surface area contributed by atoms with Crippen LogP contribution in [-0.2, 0) is 9.53 Å². The van der Waals surface area contributed by atoms with Gasteiger partial charge in [-0.1, -0.05) is 64.4 Å². The van der Waals surface area contributed by atoms with E-state index in [1.54, 1.807) is 26.8 Å². The third-order valence-electron chi connectivity index (χ3n) is 3.94. The van der Waals surface area contributed by atoms with Crippen molar-refractivity contribution >= 4 is 5.97 Å². The molecule has 21 heavy (non-hydrogen) atoms. The van der Waals surface area contributed by atoms with Gasteiger partial charge in [-0.25, -0.2) is 4.79 Å². The summed E-state index contributed by atoms with van der Waals surface area (Å²) in [4.78, 5) is 11.6. The first-order valence-electron chi connectivity index (χ1n) is 8.54. The molecule has 0 bridgehead atoms. The van der Waals surface area contributed by atoms with Crippen molar-refractivity contribution in [1.29, 1.82) is 0 Å². The third kappa shape index (κ3) is 10.5. The summed E-state index contributed by atoms with van der Waals surface area (Å²) >= 11 is 0. The summed E-state index contributed by atoms with van der Waals surface area (Å²) in [5.41, 5.74) is 0.584. The Morgan fingerprint density at radius 2 is 1.62 bits per heavy atom. The highest BCUT2D eigenvalue weighted by Gasteiger charge is 2.18. The monoisotopic (exact) mass is 298 g/mol. The van der Waals surface area contributed by atoms with Crippen LogP contribution in [0.1, 0.15) is 85.5 Å². The smallest absolute Gasteiger partial charge is 0.333 e. The molecule has 1 N–H and O–H groups in total. The van der Waals surface area contributed by atoms with E-state index in [1.807, 2.05) is 0 Å². The molecule has 124 valence electrons. The molecule has 0 spiro atoms. The zero-order valence-electron chi connectivity index (χ0n) is 14.4. The van der Waals surface area contributed by atoms with Crippen molar-refractivity contribution in [3.05, 3.63) is 11.6 Å². The van der Waals surface area contributed by atoms with E-state index in [1.165, 1.54) is 38.5 Å². The molecular formula is C18H34O3. The van der Waals surface area contributed by atoms with E-state index in [2.05, 4.69) is 6.92 Å². The SMILES string of the molecule is CC=C(C)C(=O)OC(C)C(O)CCCCCCCCCC. The minimum atomic E-state index is -0.557. The number of hydrogen-bond acceptors (Lipinski definition) is 3. The van der Waals surface area contributed by atoms with E-state index >= 15 is 0 Å². The lowest BCUT2D eigenvalue weighted by molar-refractivity contribution is -0.149. The molecule has 0 heterocycles. The van der Waals surface area contributed by atoms with Crippen LogP contribution in [0.5, 0.6) is 0 Å². The first-order valence-corrected chi connectivity index (χ1v) is 8.54. The molecule has 2 unspecified atom stereocenters. The summed E-state index contributed by atoms with van der Waals surface area (Å²) < 4.78 is 5.23. The number of carbonyl (C=O) groups is 1. The predicted molar refractivity (Wildman–Crippen MR) is 88.2 cm³/mol. The molecule has 0 aromatic heterocycles. The van der Waals surface area contributed by atoms with Gasteiger partial charge in [0.25, 0.3) is 0 Å². The van der Waals surface area contributed by atoms with Crippen LogP contribution in [0, 0.1) is 0 Å². The van der Waals surface area contributed by atoms with Crippen LogP contribution in [-0.4, -0.2) is 23.3 Å². The van der Waals surface area contributed by atoms with Gasteiger partial charge in [-0.05, 0) is 27.2 Å². The van der Waals surface area contributed by atoms with Gasteiger partial charge in [0.15, 0.2) is 0 Å². The van der Waals surface area contributed by atoms with Crippen molar-refractivity contribution < 1.29 is 14.6 Å². The van der Waals surface area contributed by atoms with E-state index in [0.29, 0.717) is 12.0 Å².